The van der Waals surface area contributed by atoms with E-state index in [-0.39, 0.29) is 12.0 Å². The van der Waals surface area contributed by atoms with Crippen molar-refractivity contribution in [3.8, 4) is 17.2 Å². The molecule has 9 heteroatoms. The third-order valence-electron chi connectivity index (χ3n) is 4.06. The molecule has 0 saturated heterocycles. The van der Waals surface area contributed by atoms with Gasteiger partial charge in [0.1, 0.15) is 5.60 Å². The molecule has 1 aromatic carbocycles. The molecule has 0 fully saturated rings. The minimum Gasteiger partial charge on any atom is -0.493 e. The third kappa shape index (κ3) is 7.88. The van der Waals surface area contributed by atoms with Crippen molar-refractivity contribution in [1.29, 1.82) is 0 Å². The van der Waals surface area contributed by atoms with E-state index in [1.54, 1.807) is 52.5 Å². The number of hydrogen-bond donors (Lipinski definition) is 2. The highest BCUT2D eigenvalue weighted by molar-refractivity contribution is 5.94. The normalized spacial score (nSPS) is 12.6. The predicted octanol–water partition coefficient (Wildman–Crippen LogP) is 3.20. The summed E-state index contributed by atoms with van der Waals surface area (Å²) in [5.74, 6) is 2.36. The van der Waals surface area contributed by atoms with Gasteiger partial charge >= 0.3 is 6.09 Å². The van der Waals surface area contributed by atoms with Crippen molar-refractivity contribution in [2.24, 2.45) is 10.9 Å². The topological polar surface area (TPSA) is 93.7 Å². The van der Waals surface area contributed by atoms with Crippen LogP contribution in [0.15, 0.2) is 17.1 Å². The Hall–Kier alpha value is -2.84. The highest BCUT2D eigenvalue weighted by Gasteiger charge is 2.21. The molecule has 170 valence electrons. The Balaban J connectivity index is 2.70. The molecule has 0 saturated carbocycles. The summed E-state index contributed by atoms with van der Waals surface area (Å²) in [5.41, 5.74) is 0.218. The summed E-state index contributed by atoms with van der Waals surface area (Å²) in [6.45, 7) is 8.74. The molecule has 9 nitrogen and oxygen atoms in total. The van der Waals surface area contributed by atoms with Crippen molar-refractivity contribution in [3.63, 3.8) is 0 Å². The Kier molecular flexibility index (Phi) is 9.55. The van der Waals surface area contributed by atoms with Crippen molar-refractivity contribution in [2.45, 2.75) is 33.3 Å². The van der Waals surface area contributed by atoms with Crippen LogP contribution in [0.4, 0.5) is 10.5 Å². The second kappa shape index (κ2) is 11.4. The number of aliphatic imine (C=N–C) groups is 1. The first-order valence-corrected chi connectivity index (χ1v) is 9.76. The summed E-state index contributed by atoms with van der Waals surface area (Å²) < 4.78 is 21.5. The quantitative estimate of drug-likeness (QED) is 0.489. The average molecular weight is 425 g/mol. The Labute approximate surface area is 179 Å². The summed E-state index contributed by atoms with van der Waals surface area (Å²) in [7, 11) is 8.11. The number of anilines is 1. The molecule has 0 aliphatic carbocycles. The Morgan fingerprint density at radius 3 is 2.13 bits per heavy atom. The SMILES string of the molecule is CN=C(NCC(C)CN(C)C(=O)OC(C)(C)C)Nc1cc(OC)c(OC)c(OC)c1. The number of guanidine groups is 1. The van der Waals surface area contributed by atoms with Gasteiger partial charge in [-0.3, -0.25) is 4.99 Å². The molecule has 1 aromatic rings. The second-order valence-corrected chi connectivity index (χ2v) is 7.96. The summed E-state index contributed by atoms with van der Waals surface area (Å²) >= 11 is 0. The van der Waals surface area contributed by atoms with Gasteiger partial charge in [0, 0.05) is 45.0 Å². The van der Waals surface area contributed by atoms with Crippen LogP contribution in [0.25, 0.3) is 0 Å². The predicted molar refractivity (Wildman–Crippen MR) is 119 cm³/mol. The number of methoxy groups -OCH3 is 3. The second-order valence-electron chi connectivity index (χ2n) is 7.96. The van der Waals surface area contributed by atoms with E-state index in [2.05, 4.69) is 15.6 Å². The van der Waals surface area contributed by atoms with Gasteiger partial charge in [-0.15, -0.1) is 0 Å². The van der Waals surface area contributed by atoms with Gasteiger partial charge in [-0.1, -0.05) is 6.92 Å². The molecule has 1 atom stereocenters. The number of nitrogens with one attached hydrogen (secondary N) is 2. The average Bonchev–Trinajstić information content (AvgIpc) is 2.68. The maximum atomic E-state index is 12.1. The fraction of sp³-hybridized carbons (Fsp3) is 0.619. The van der Waals surface area contributed by atoms with Gasteiger partial charge < -0.3 is 34.5 Å². The monoisotopic (exact) mass is 424 g/mol. The number of nitrogens with zero attached hydrogens (tertiary/aromatic N) is 2. The maximum Gasteiger partial charge on any atom is 0.410 e. The van der Waals surface area contributed by atoms with Crippen molar-refractivity contribution in [2.75, 3.05) is 53.8 Å². The minimum atomic E-state index is -0.515. The molecule has 1 amide bonds. The lowest BCUT2D eigenvalue weighted by Crippen LogP contribution is -2.40. The largest absolute Gasteiger partial charge is 0.493 e. The highest BCUT2D eigenvalue weighted by Crippen LogP contribution is 2.39. The van der Waals surface area contributed by atoms with E-state index in [0.29, 0.717) is 36.3 Å². The van der Waals surface area contributed by atoms with Gasteiger partial charge in [0.2, 0.25) is 5.75 Å². The van der Waals surface area contributed by atoms with E-state index < -0.39 is 5.60 Å². The van der Waals surface area contributed by atoms with Gasteiger partial charge in [0.25, 0.3) is 0 Å². The van der Waals surface area contributed by atoms with E-state index in [9.17, 15) is 4.79 Å². The van der Waals surface area contributed by atoms with Crippen LogP contribution in [0.5, 0.6) is 17.2 Å². The summed E-state index contributed by atoms with van der Waals surface area (Å²) in [6.07, 6.45) is -0.339. The van der Waals surface area contributed by atoms with Crippen LogP contribution >= 0.6 is 0 Å². The van der Waals surface area contributed by atoms with Crippen LogP contribution in [0.1, 0.15) is 27.7 Å². The lowest BCUT2D eigenvalue weighted by molar-refractivity contribution is 0.0278. The molecule has 30 heavy (non-hydrogen) atoms. The summed E-state index contributed by atoms with van der Waals surface area (Å²) in [6, 6.07) is 3.60. The van der Waals surface area contributed by atoms with Crippen LogP contribution in [0, 0.1) is 5.92 Å². The number of hydrogen-bond acceptors (Lipinski definition) is 6. The molecule has 1 rings (SSSR count). The zero-order chi connectivity index (χ0) is 22.9. The maximum absolute atomic E-state index is 12.1. The van der Waals surface area contributed by atoms with Gasteiger partial charge in [-0.2, -0.15) is 0 Å². The number of ether oxygens (including phenoxy) is 4. The van der Waals surface area contributed by atoms with Gasteiger partial charge in [-0.05, 0) is 26.7 Å². The molecule has 0 radical (unpaired) electrons. The van der Waals surface area contributed by atoms with Crippen LogP contribution < -0.4 is 24.8 Å². The molecule has 0 bridgehead atoms. The zero-order valence-corrected chi connectivity index (χ0v) is 19.6. The van der Waals surface area contributed by atoms with Crippen molar-refractivity contribution < 1.29 is 23.7 Å². The standard InChI is InChI=1S/C21H36N4O5/c1-14(13-25(6)20(26)30-21(2,3)4)12-23-19(22-5)24-15-10-16(27-7)18(29-9)17(11-15)28-8/h10-11,14H,12-13H2,1-9H3,(H2,22,23,24). The van der Waals surface area contributed by atoms with Gasteiger partial charge in [-0.25, -0.2) is 4.79 Å². The van der Waals surface area contributed by atoms with E-state index in [1.165, 1.54) is 0 Å². The first-order valence-electron chi connectivity index (χ1n) is 9.76. The first kappa shape index (κ1) is 25.2. The number of rotatable bonds is 8. The van der Waals surface area contributed by atoms with Crippen molar-refractivity contribution >= 4 is 17.7 Å². The van der Waals surface area contributed by atoms with Crippen molar-refractivity contribution in [3.05, 3.63) is 12.1 Å². The summed E-state index contributed by atoms with van der Waals surface area (Å²) in [5, 5.41) is 6.47. The van der Waals surface area contributed by atoms with E-state index in [0.717, 1.165) is 5.69 Å². The fourth-order valence-corrected chi connectivity index (χ4v) is 2.69. The molecule has 0 aliphatic heterocycles. The molecule has 0 aliphatic rings. The third-order valence-corrected chi connectivity index (χ3v) is 4.06. The van der Waals surface area contributed by atoms with Crippen LogP contribution in [0.3, 0.4) is 0 Å². The molecule has 2 N–H and O–H groups in total. The van der Waals surface area contributed by atoms with E-state index in [1.807, 2.05) is 27.7 Å². The summed E-state index contributed by atoms with van der Waals surface area (Å²) in [4.78, 5) is 17.9. The molecule has 0 heterocycles. The Bertz CT molecular complexity index is 706. The lowest BCUT2D eigenvalue weighted by Gasteiger charge is -2.26. The Morgan fingerprint density at radius 2 is 1.70 bits per heavy atom. The molecule has 1 unspecified atom stereocenters. The number of carbonyl (C=O) groups excluding carboxylic acids is 1. The first-order chi connectivity index (χ1) is 14.0. The van der Waals surface area contributed by atoms with Gasteiger partial charge in [0.05, 0.1) is 21.3 Å². The number of carbonyl (C=O) groups is 1. The molecule has 0 aromatic heterocycles. The number of benzene rings is 1. The van der Waals surface area contributed by atoms with Crippen LogP contribution in [-0.4, -0.2) is 71.1 Å². The highest BCUT2D eigenvalue weighted by atomic mass is 16.6. The minimum absolute atomic E-state index is 0.168. The smallest absolute Gasteiger partial charge is 0.410 e. The fourth-order valence-electron chi connectivity index (χ4n) is 2.69. The van der Waals surface area contributed by atoms with Gasteiger partial charge in [0.15, 0.2) is 17.5 Å². The lowest BCUT2D eigenvalue weighted by atomic mass is 10.1. The molecular weight excluding hydrogens is 388 g/mol. The van der Waals surface area contributed by atoms with Crippen molar-refractivity contribution in [1.82, 2.24) is 10.2 Å². The zero-order valence-electron chi connectivity index (χ0n) is 19.6. The number of amides is 1. The van der Waals surface area contributed by atoms with E-state index >= 15 is 0 Å². The van der Waals surface area contributed by atoms with Crippen LogP contribution in [-0.2, 0) is 4.74 Å². The Morgan fingerprint density at radius 1 is 1.13 bits per heavy atom. The van der Waals surface area contributed by atoms with E-state index in [4.69, 9.17) is 18.9 Å². The molecular formula is C21H36N4O5. The van der Waals surface area contributed by atoms with Crippen LogP contribution in [0.2, 0.25) is 0 Å². The molecule has 0 spiro atoms.